The fourth-order valence-corrected chi connectivity index (χ4v) is 3.26. The van der Waals surface area contributed by atoms with Crippen LogP contribution in [-0.4, -0.2) is 34.8 Å². The first kappa shape index (κ1) is 18.7. The van der Waals surface area contributed by atoms with E-state index in [4.69, 9.17) is 23.2 Å². The molecular formula is C19H19Cl2N3O2. The van der Waals surface area contributed by atoms with Crippen LogP contribution in [0.15, 0.2) is 36.7 Å². The molecule has 1 saturated heterocycles. The van der Waals surface area contributed by atoms with Crippen LogP contribution < -0.4 is 5.32 Å². The smallest absolute Gasteiger partial charge is 0.257 e. The van der Waals surface area contributed by atoms with Crippen LogP contribution in [-0.2, 0) is 0 Å². The van der Waals surface area contributed by atoms with Crippen molar-refractivity contribution in [2.75, 3.05) is 18.4 Å². The van der Waals surface area contributed by atoms with Crippen LogP contribution in [0.3, 0.4) is 0 Å². The van der Waals surface area contributed by atoms with Gasteiger partial charge in [0, 0.05) is 30.5 Å². The fraction of sp³-hybridized carbons (Fsp3) is 0.316. The molecule has 0 unspecified atom stereocenters. The highest BCUT2D eigenvalue weighted by Crippen LogP contribution is 2.26. The van der Waals surface area contributed by atoms with E-state index >= 15 is 0 Å². The van der Waals surface area contributed by atoms with Gasteiger partial charge < -0.3 is 10.2 Å². The maximum absolute atomic E-state index is 12.7. The number of anilines is 1. The zero-order valence-corrected chi connectivity index (χ0v) is 15.7. The molecule has 136 valence electrons. The number of carbonyl (C=O) groups is 2. The molecule has 2 amide bonds. The zero-order chi connectivity index (χ0) is 18.5. The van der Waals surface area contributed by atoms with Gasteiger partial charge in [0.2, 0.25) is 0 Å². The molecule has 0 atom stereocenters. The molecule has 0 spiro atoms. The van der Waals surface area contributed by atoms with E-state index in [-0.39, 0.29) is 5.91 Å². The fourth-order valence-electron chi connectivity index (χ4n) is 2.93. The van der Waals surface area contributed by atoms with Gasteiger partial charge in [-0.15, -0.1) is 0 Å². The second-order valence-electron chi connectivity index (χ2n) is 6.25. The molecule has 1 aliphatic rings. The normalized spacial score (nSPS) is 14.6. The maximum atomic E-state index is 12.7. The van der Waals surface area contributed by atoms with Crippen molar-refractivity contribution < 1.29 is 9.59 Å². The Morgan fingerprint density at radius 2 is 1.65 bits per heavy atom. The highest BCUT2D eigenvalue weighted by molar-refractivity contribution is 6.35. The summed E-state index contributed by atoms with van der Waals surface area (Å²) in [7, 11) is 0. The number of nitrogens with one attached hydrogen (secondary N) is 1. The third-order valence-electron chi connectivity index (χ3n) is 4.32. The van der Waals surface area contributed by atoms with E-state index in [1.54, 1.807) is 24.3 Å². The van der Waals surface area contributed by atoms with Crippen molar-refractivity contribution in [2.45, 2.75) is 25.7 Å². The first-order valence-electron chi connectivity index (χ1n) is 8.55. The van der Waals surface area contributed by atoms with Gasteiger partial charge in [0.15, 0.2) is 0 Å². The van der Waals surface area contributed by atoms with Gasteiger partial charge in [0.05, 0.1) is 21.8 Å². The number of hydrogen-bond donors (Lipinski definition) is 1. The lowest BCUT2D eigenvalue weighted by Gasteiger charge is -2.20. The van der Waals surface area contributed by atoms with Gasteiger partial charge in [-0.1, -0.05) is 36.0 Å². The van der Waals surface area contributed by atoms with Crippen LogP contribution in [0.5, 0.6) is 0 Å². The second kappa shape index (κ2) is 8.52. The molecule has 3 rings (SSSR count). The molecule has 0 aliphatic carbocycles. The number of nitrogens with zero attached hydrogens (tertiary/aromatic N) is 2. The van der Waals surface area contributed by atoms with Crippen molar-refractivity contribution >= 4 is 40.7 Å². The van der Waals surface area contributed by atoms with Crippen LogP contribution >= 0.6 is 23.2 Å². The van der Waals surface area contributed by atoms with E-state index in [1.807, 2.05) is 4.90 Å². The minimum absolute atomic E-state index is 0.0881. The number of amides is 2. The molecule has 1 aromatic heterocycles. The summed E-state index contributed by atoms with van der Waals surface area (Å²) in [6.45, 7) is 1.49. The number of hydrogen-bond acceptors (Lipinski definition) is 3. The Kier molecular flexibility index (Phi) is 6.12. The molecule has 0 radical (unpaired) electrons. The standard InChI is InChI=1S/C19H19Cl2N3O2/c20-15-5-6-16(21)17(10-15)23-18(25)13-9-14(12-22-11-13)19(26)24-7-3-1-2-4-8-24/h5-6,9-12H,1-4,7-8H2,(H,23,25). The number of halogens is 2. The first-order chi connectivity index (χ1) is 12.5. The van der Waals surface area contributed by atoms with Crippen molar-refractivity contribution in [3.8, 4) is 0 Å². The van der Waals surface area contributed by atoms with Gasteiger partial charge in [-0.2, -0.15) is 0 Å². The molecule has 1 aromatic carbocycles. The predicted octanol–water partition coefficient (Wildman–Crippen LogP) is 4.66. The largest absolute Gasteiger partial charge is 0.339 e. The first-order valence-corrected chi connectivity index (χ1v) is 9.31. The highest BCUT2D eigenvalue weighted by Gasteiger charge is 2.19. The van der Waals surface area contributed by atoms with Crippen molar-refractivity contribution in [1.82, 2.24) is 9.88 Å². The van der Waals surface area contributed by atoms with Crippen LogP contribution in [0.4, 0.5) is 5.69 Å². The number of rotatable bonds is 3. The molecule has 1 aliphatic heterocycles. The third-order valence-corrected chi connectivity index (χ3v) is 4.88. The Morgan fingerprint density at radius 1 is 0.962 bits per heavy atom. The molecule has 2 heterocycles. The summed E-state index contributed by atoms with van der Waals surface area (Å²) >= 11 is 12.0. The van der Waals surface area contributed by atoms with E-state index in [9.17, 15) is 9.59 Å². The van der Waals surface area contributed by atoms with Crippen molar-refractivity contribution in [3.05, 3.63) is 57.8 Å². The Balaban J connectivity index is 1.76. The zero-order valence-electron chi connectivity index (χ0n) is 14.2. The van der Waals surface area contributed by atoms with Crippen LogP contribution in [0.25, 0.3) is 0 Å². The molecule has 1 fully saturated rings. The maximum Gasteiger partial charge on any atom is 0.257 e. The minimum Gasteiger partial charge on any atom is -0.339 e. The number of aromatic nitrogens is 1. The lowest BCUT2D eigenvalue weighted by Crippen LogP contribution is -2.32. The van der Waals surface area contributed by atoms with E-state index in [1.165, 1.54) is 12.4 Å². The topological polar surface area (TPSA) is 62.3 Å². The van der Waals surface area contributed by atoms with Crippen LogP contribution in [0, 0.1) is 0 Å². The van der Waals surface area contributed by atoms with E-state index in [2.05, 4.69) is 10.3 Å². The number of pyridine rings is 1. The Hall–Kier alpha value is -2.11. The molecule has 26 heavy (non-hydrogen) atoms. The van der Waals surface area contributed by atoms with Gasteiger partial charge in [-0.05, 0) is 37.1 Å². The summed E-state index contributed by atoms with van der Waals surface area (Å²) in [5, 5.41) is 3.55. The Bertz CT molecular complexity index is 818. The van der Waals surface area contributed by atoms with Crippen LogP contribution in [0.2, 0.25) is 10.0 Å². The van der Waals surface area contributed by atoms with E-state index in [0.717, 1.165) is 38.8 Å². The average molecular weight is 392 g/mol. The summed E-state index contributed by atoms with van der Waals surface area (Å²) in [4.78, 5) is 31.1. The molecule has 2 aromatic rings. The van der Waals surface area contributed by atoms with E-state index < -0.39 is 5.91 Å². The molecule has 1 N–H and O–H groups in total. The Labute approximate surface area is 162 Å². The monoisotopic (exact) mass is 391 g/mol. The van der Waals surface area contributed by atoms with Gasteiger partial charge >= 0.3 is 0 Å². The summed E-state index contributed by atoms with van der Waals surface area (Å²) in [6, 6.07) is 6.38. The number of likely N-dealkylation sites (tertiary alicyclic amines) is 1. The number of benzene rings is 1. The van der Waals surface area contributed by atoms with Gasteiger partial charge in [-0.25, -0.2) is 0 Å². The Morgan fingerprint density at radius 3 is 2.38 bits per heavy atom. The van der Waals surface area contributed by atoms with Gasteiger partial charge in [0.25, 0.3) is 11.8 Å². The second-order valence-corrected chi connectivity index (χ2v) is 7.09. The molecule has 7 heteroatoms. The summed E-state index contributed by atoms with van der Waals surface area (Å²) in [5.41, 5.74) is 1.12. The molecular weight excluding hydrogens is 373 g/mol. The van der Waals surface area contributed by atoms with Crippen molar-refractivity contribution in [3.63, 3.8) is 0 Å². The van der Waals surface area contributed by atoms with Crippen molar-refractivity contribution in [1.29, 1.82) is 0 Å². The van der Waals surface area contributed by atoms with Gasteiger partial charge in [-0.3, -0.25) is 14.6 Å². The molecule has 5 nitrogen and oxygen atoms in total. The predicted molar refractivity (Wildman–Crippen MR) is 103 cm³/mol. The lowest BCUT2D eigenvalue weighted by molar-refractivity contribution is 0.0761. The highest BCUT2D eigenvalue weighted by atomic mass is 35.5. The number of carbonyl (C=O) groups excluding carboxylic acids is 2. The van der Waals surface area contributed by atoms with Gasteiger partial charge in [0.1, 0.15) is 0 Å². The average Bonchev–Trinajstić information content (AvgIpc) is 2.93. The molecule has 0 saturated carbocycles. The summed E-state index contributed by atoms with van der Waals surface area (Å²) < 4.78 is 0. The van der Waals surface area contributed by atoms with Crippen LogP contribution in [0.1, 0.15) is 46.4 Å². The molecule has 0 bridgehead atoms. The SMILES string of the molecule is O=C(Nc1cc(Cl)ccc1Cl)c1cncc(C(=O)N2CCCCCC2)c1. The summed E-state index contributed by atoms with van der Waals surface area (Å²) in [5.74, 6) is -0.484. The minimum atomic E-state index is -0.396. The lowest BCUT2D eigenvalue weighted by atomic mass is 10.1. The van der Waals surface area contributed by atoms with Crippen molar-refractivity contribution in [2.24, 2.45) is 0 Å². The quantitative estimate of drug-likeness (QED) is 0.827. The summed E-state index contributed by atoms with van der Waals surface area (Å²) in [6.07, 6.45) is 7.22. The third kappa shape index (κ3) is 4.54. The van der Waals surface area contributed by atoms with E-state index in [0.29, 0.717) is 26.9 Å².